The number of rotatable bonds is 3. The van der Waals surface area contributed by atoms with Crippen molar-refractivity contribution in [3.8, 4) is 18.2 Å². The minimum absolute atomic E-state index is 0.118. The van der Waals surface area contributed by atoms with Crippen LogP contribution < -0.4 is 10.2 Å². The molecule has 144 valence electrons. The molecule has 1 aliphatic rings. The quantitative estimate of drug-likeness (QED) is 0.771. The van der Waals surface area contributed by atoms with E-state index in [1.165, 1.54) is 6.07 Å². The van der Waals surface area contributed by atoms with E-state index in [-0.39, 0.29) is 31.9 Å². The van der Waals surface area contributed by atoms with Gasteiger partial charge in [-0.15, -0.1) is 0 Å². The summed E-state index contributed by atoms with van der Waals surface area (Å²) in [6.07, 6.45) is -4.92. The van der Waals surface area contributed by atoms with Gasteiger partial charge < -0.3 is 15.1 Å². The summed E-state index contributed by atoms with van der Waals surface area (Å²) in [6, 6.07) is 9.55. The van der Waals surface area contributed by atoms with Gasteiger partial charge in [0.1, 0.15) is 23.9 Å². The number of halogens is 4. The van der Waals surface area contributed by atoms with Gasteiger partial charge >= 0.3 is 12.1 Å². The summed E-state index contributed by atoms with van der Waals surface area (Å²) in [4.78, 5) is 13.8. The van der Waals surface area contributed by atoms with E-state index >= 15 is 0 Å². The molecule has 0 radical (unpaired) electrons. The Kier molecular flexibility index (Phi) is 6.35. The molecule has 0 unspecified atom stereocenters. The number of alkyl halides is 3. The predicted octanol–water partition coefficient (Wildman–Crippen LogP) is 2.79. The van der Waals surface area contributed by atoms with E-state index in [1.807, 2.05) is 0 Å². The van der Waals surface area contributed by atoms with Gasteiger partial charge in [0, 0.05) is 31.2 Å². The number of allylic oxidation sites excluding steroid dienone is 2. The van der Waals surface area contributed by atoms with Gasteiger partial charge in [0.25, 0.3) is 0 Å². The lowest BCUT2D eigenvalue weighted by Crippen LogP contribution is -2.52. The third-order valence-corrected chi connectivity index (χ3v) is 4.19. The van der Waals surface area contributed by atoms with E-state index in [1.54, 1.807) is 35.2 Å². The second-order valence-electron chi connectivity index (χ2n) is 5.65. The second-order valence-corrected chi connectivity index (χ2v) is 6.09. The lowest BCUT2D eigenvalue weighted by molar-refractivity contribution is -0.185. The SMILES string of the molecule is N#CC(C#N)=C(C#N)Nc1cc(Cl)ccc1N1CCN(C(=O)C(F)(F)F)CC1. The average Bonchev–Trinajstić information content (AvgIpc) is 2.67. The average molecular weight is 409 g/mol. The number of benzene rings is 1. The zero-order chi connectivity index (χ0) is 20.9. The van der Waals surface area contributed by atoms with E-state index in [0.29, 0.717) is 16.4 Å². The molecule has 1 aromatic rings. The molecule has 1 heterocycles. The molecule has 0 aliphatic carbocycles. The summed E-state index contributed by atoms with van der Waals surface area (Å²) in [7, 11) is 0. The molecule has 0 spiro atoms. The van der Waals surface area contributed by atoms with Crippen molar-refractivity contribution in [2.75, 3.05) is 36.4 Å². The van der Waals surface area contributed by atoms with Gasteiger partial charge in [0.05, 0.1) is 11.4 Å². The van der Waals surface area contributed by atoms with E-state index in [0.717, 1.165) is 4.90 Å². The molecule has 0 atom stereocenters. The van der Waals surface area contributed by atoms with Gasteiger partial charge in [-0.3, -0.25) is 4.79 Å². The topological polar surface area (TPSA) is 107 Å². The third-order valence-electron chi connectivity index (χ3n) is 3.95. The van der Waals surface area contributed by atoms with Crippen LogP contribution in [0.5, 0.6) is 0 Å². The Hall–Kier alpha value is -3.42. The van der Waals surface area contributed by atoms with Gasteiger partial charge in [-0.05, 0) is 18.2 Å². The Morgan fingerprint density at radius 3 is 2.18 bits per heavy atom. The highest BCUT2D eigenvalue weighted by atomic mass is 35.5. The number of carbonyl (C=O) groups is 1. The lowest BCUT2D eigenvalue weighted by atomic mass is 10.2. The fourth-order valence-electron chi connectivity index (χ4n) is 2.63. The first kappa shape index (κ1) is 20.9. The van der Waals surface area contributed by atoms with Crippen LogP contribution >= 0.6 is 11.6 Å². The highest BCUT2D eigenvalue weighted by molar-refractivity contribution is 6.31. The molecular weight excluding hydrogens is 397 g/mol. The lowest BCUT2D eigenvalue weighted by Gasteiger charge is -2.37. The summed E-state index contributed by atoms with van der Waals surface area (Å²) in [6.45, 7) is -0.0355. The van der Waals surface area contributed by atoms with Crippen molar-refractivity contribution in [3.63, 3.8) is 0 Å². The van der Waals surface area contributed by atoms with Crippen molar-refractivity contribution in [1.82, 2.24) is 4.90 Å². The van der Waals surface area contributed by atoms with Crippen molar-refractivity contribution >= 4 is 28.9 Å². The van der Waals surface area contributed by atoms with Gasteiger partial charge in [0.15, 0.2) is 5.57 Å². The highest BCUT2D eigenvalue weighted by Gasteiger charge is 2.43. The minimum Gasteiger partial charge on any atom is -0.366 e. The molecule has 7 nitrogen and oxygen atoms in total. The smallest absolute Gasteiger partial charge is 0.366 e. The first-order valence-electron chi connectivity index (χ1n) is 7.83. The van der Waals surface area contributed by atoms with E-state index in [9.17, 15) is 23.2 Å². The summed E-state index contributed by atoms with van der Waals surface area (Å²) in [5.74, 6) is -1.89. The predicted molar refractivity (Wildman–Crippen MR) is 93.8 cm³/mol. The number of hydrogen-bond acceptors (Lipinski definition) is 6. The van der Waals surface area contributed by atoms with Crippen molar-refractivity contribution in [3.05, 3.63) is 34.5 Å². The van der Waals surface area contributed by atoms with Crippen LogP contribution in [0.1, 0.15) is 0 Å². The number of piperazine rings is 1. The normalized spacial score (nSPS) is 13.8. The number of nitriles is 3. The van der Waals surface area contributed by atoms with Crippen LogP contribution in [0.25, 0.3) is 0 Å². The highest BCUT2D eigenvalue weighted by Crippen LogP contribution is 2.32. The number of carbonyl (C=O) groups excluding carboxylic acids is 1. The van der Waals surface area contributed by atoms with Crippen molar-refractivity contribution in [2.24, 2.45) is 0 Å². The molecule has 1 amide bonds. The van der Waals surface area contributed by atoms with Crippen LogP contribution in [-0.2, 0) is 4.79 Å². The molecule has 2 rings (SSSR count). The summed E-state index contributed by atoms with van der Waals surface area (Å²) in [5.41, 5.74) is 0.113. The van der Waals surface area contributed by atoms with Gasteiger partial charge in [-0.2, -0.15) is 29.0 Å². The van der Waals surface area contributed by atoms with Crippen LogP contribution in [0.4, 0.5) is 24.5 Å². The zero-order valence-electron chi connectivity index (χ0n) is 14.2. The summed E-state index contributed by atoms with van der Waals surface area (Å²) < 4.78 is 37.7. The fourth-order valence-corrected chi connectivity index (χ4v) is 2.80. The maximum atomic E-state index is 12.6. The zero-order valence-corrected chi connectivity index (χ0v) is 15.0. The first-order valence-corrected chi connectivity index (χ1v) is 8.21. The third kappa shape index (κ3) is 4.64. The second kappa shape index (κ2) is 8.51. The minimum atomic E-state index is -4.92. The molecule has 1 fully saturated rings. The van der Waals surface area contributed by atoms with Gasteiger partial charge in [-0.1, -0.05) is 11.6 Å². The maximum Gasteiger partial charge on any atom is 0.471 e. The Labute approximate surface area is 163 Å². The van der Waals surface area contributed by atoms with Crippen LogP contribution in [-0.4, -0.2) is 43.2 Å². The molecule has 1 aliphatic heterocycles. The number of amides is 1. The van der Waals surface area contributed by atoms with Crippen molar-refractivity contribution in [1.29, 1.82) is 15.8 Å². The Morgan fingerprint density at radius 2 is 1.68 bits per heavy atom. The standard InChI is InChI=1S/C17H12ClF3N6O/c18-12-1-2-15(13(7-12)25-14(10-24)11(8-22)9-23)26-3-5-27(6-4-26)16(28)17(19,20)21/h1-2,7,25H,3-6H2. The molecule has 28 heavy (non-hydrogen) atoms. The number of nitrogens with one attached hydrogen (secondary N) is 1. The van der Waals surface area contributed by atoms with Crippen LogP contribution in [0, 0.1) is 34.0 Å². The molecule has 1 saturated heterocycles. The number of hydrogen-bond donors (Lipinski definition) is 1. The Balaban J connectivity index is 2.26. The van der Waals surface area contributed by atoms with E-state index < -0.39 is 17.7 Å². The van der Waals surface area contributed by atoms with E-state index in [4.69, 9.17) is 22.1 Å². The Bertz CT molecular complexity index is 914. The van der Waals surface area contributed by atoms with Crippen LogP contribution in [0.15, 0.2) is 29.5 Å². The van der Waals surface area contributed by atoms with Crippen LogP contribution in [0.2, 0.25) is 5.02 Å². The number of nitrogens with zero attached hydrogens (tertiary/aromatic N) is 5. The fraction of sp³-hybridized carbons (Fsp3) is 0.294. The monoisotopic (exact) mass is 408 g/mol. The molecule has 0 bridgehead atoms. The summed E-state index contributed by atoms with van der Waals surface area (Å²) >= 11 is 5.98. The molecule has 0 aromatic heterocycles. The maximum absolute atomic E-state index is 12.6. The molecule has 0 saturated carbocycles. The number of anilines is 2. The van der Waals surface area contributed by atoms with Crippen molar-refractivity contribution in [2.45, 2.75) is 6.18 Å². The van der Waals surface area contributed by atoms with Crippen molar-refractivity contribution < 1.29 is 18.0 Å². The molecular formula is C17H12ClF3N6O. The molecule has 1 N–H and O–H groups in total. The van der Waals surface area contributed by atoms with Gasteiger partial charge in [-0.25, -0.2) is 0 Å². The molecule has 11 heteroatoms. The largest absolute Gasteiger partial charge is 0.471 e. The van der Waals surface area contributed by atoms with Crippen LogP contribution in [0.3, 0.4) is 0 Å². The van der Waals surface area contributed by atoms with Gasteiger partial charge in [0.2, 0.25) is 0 Å². The van der Waals surface area contributed by atoms with E-state index in [2.05, 4.69) is 5.32 Å². The summed E-state index contributed by atoms with van der Waals surface area (Å²) in [5, 5.41) is 30.1. The Morgan fingerprint density at radius 1 is 1.07 bits per heavy atom. The first-order chi connectivity index (χ1) is 13.2. The molecule has 1 aromatic carbocycles.